The lowest BCUT2D eigenvalue weighted by molar-refractivity contribution is -0.150. The van der Waals surface area contributed by atoms with Gasteiger partial charge in [-0.2, -0.15) is 5.10 Å². The average Bonchev–Trinajstić information content (AvgIpc) is 3.52. The minimum Gasteiger partial charge on any atom is -0.459 e. The molecule has 39 heavy (non-hydrogen) atoms. The van der Waals surface area contributed by atoms with Crippen LogP contribution in [0.5, 0.6) is 0 Å². The first kappa shape index (κ1) is 33.2. The lowest BCUT2D eigenvalue weighted by atomic mass is 9.73. The van der Waals surface area contributed by atoms with Crippen molar-refractivity contribution in [2.75, 3.05) is 11.5 Å². The zero-order chi connectivity index (χ0) is 29.2. The number of halogens is 1. The third-order valence-corrected chi connectivity index (χ3v) is 8.84. The number of thioether (sulfide) groups is 2. The molecule has 11 heteroatoms. The molecule has 0 saturated carbocycles. The minimum absolute atomic E-state index is 0.0462. The molecule has 1 atom stereocenters. The number of aliphatic hydroxyl groups is 1. The minimum atomic E-state index is -0.861. The number of aromatic nitrogens is 3. The van der Waals surface area contributed by atoms with Crippen molar-refractivity contribution in [2.24, 2.45) is 5.41 Å². The van der Waals surface area contributed by atoms with Crippen molar-refractivity contribution < 1.29 is 24.2 Å². The van der Waals surface area contributed by atoms with E-state index in [0.717, 1.165) is 22.9 Å². The molecule has 1 fully saturated rings. The van der Waals surface area contributed by atoms with Crippen molar-refractivity contribution >= 4 is 47.1 Å². The Kier molecular flexibility index (Phi) is 12.9. The quantitative estimate of drug-likeness (QED) is 0.163. The molecule has 3 rings (SSSR count). The van der Waals surface area contributed by atoms with E-state index in [1.807, 2.05) is 45.0 Å². The van der Waals surface area contributed by atoms with Crippen molar-refractivity contribution in [1.29, 1.82) is 0 Å². The molecule has 1 unspecified atom stereocenters. The fourth-order valence-electron chi connectivity index (χ4n) is 3.53. The summed E-state index contributed by atoms with van der Waals surface area (Å²) in [5.74, 6) is 0.612. The first-order valence-electron chi connectivity index (χ1n) is 12.9. The number of ether oxygens (including phenoxy) is 2. The van der Waals surface area contributed by atoms with E-state index in [0.29, 0.717) is 17.2 Å². The molecular weight excluding hydrogens is 558 g/mol. The van der Waals surface area contributed by atoms with Gasteiger partial charge in [0.1, 0.15) is 12.7 Å². The number of hydrogen-bond acceptors (Lipinski definition) is 9. The highest BCUT2D eigenvalue weighted by Crippen LogP contribution is 2.39. The standard InChI is InChI=1S/C16H22ClN3O.C12H18O4S2/c1-15(2,3)16(21,10-20-12-18-11-19-20)9-8-13-4-6-14(17)7-5-13;1-7(2)15-10(13)9(11(14)16-8(3)4)12-17-5-6-18-12/h4-7,11-12,21H,8-10H2,1-3H3;7-8H,5-6H2,1-4H3. The van der Waals surface area contributed by atoms with Gasteiger partial charge in [0.25, 0.3) is 0 Å². The van der Waals surface area contributed by atoms with Gasteiger partial charge >= 0.3 is 11.9 Å². The van der Waals surface area contributed by atoms with Gasteiger partial charge in [-0.25, -0.2) is 14.6 Å². The predicted octanol–water partition coefficient (Wildman–Crippen LogP) is 5.92. The van der Waals surface area contributed by atoms with Crippen LogP contribution in [-0.2, 0) is 32.0 Å². The van der Waals surface area contributed by atoms with Crippen LogP contribution in [0.4, 0.5) is 0 Å². The molecule has 0 spiro atoms. The Bertz CT molecular complexity index is 1070. The molecule has 0 radical (unpaired) electrons. The van der Waals surface area contributed by atoms with Crippen LogP contribution in [0.15, 0.2) is 46.7 Å². The van der Waals surface area contributed by atoms with Crippen LogP contribution < -0.4 is 0 Å². The second-order valence-electron chi connectivity index (χ2n) is 10.8. The monoisotopic (exact) mass is 597 g/mol. The highest BCUT2D eigenvalue weighted by atomic mass is 35.5. The Hall–Kier alpha value is -2.01. The summed E-state index contributed by atoms with van der Waals surface area (Å²) in [6, 6.07) is 7.76. The van der Waals surface area contributed by atoms with Gasteiger partial charge in [0.05, 0.1) is 28.6 Å². The molecule has 1 saturated heterocycles. The predicted molar refractivity (Wildman–Crippen MR) is 159 cm³/mol. The summed E-state index contributed by atoms with van der Waals surface area (Å²) in [6.45, 7) is 13.6. The summed E-state index contributed by atoms with van der Waals surface area (Å²) in [4.78, 5) is 27.9. The van der Waals surface area contributed by atoms with Gasteiger partial charge < -0.3 is 14.6 Å². The molecule has 1 N–H and O–H groups in total. The number of carbonyl (C=O) groups excluding carboxylic acids is 2. The summed E-state index contributed by atoms with van der Waals surface area (Å²) in [5, 5.41) is 16.0. The van der Waals surface area contributed by atoms with Crippen molar-refractivity contribution in [3.8, 4) is 0 Å². The molecule has 0 amide bonds. The zero-order valence-electron chi connectivity index (χ0n) is 23.8. The molecule has 0 bridgehead atoms. The third-order valence-electron chi connectivity index (χ3n) is 5.87. The van der Waals surface area contributed by atoms with Gasteiger partial charge in [0.15, 0.2) is 5.57 Å². The molecule has 1 aromatic heterocycles. The third kappa shape index (κ3) is 10.8. The van der Waals surface area contributed by atoms with E-state index in [4.69, 9.17) is 21.1 Å². The second-order valence-corrected chi connectivity index (χ2v) is 13.7. The largest absolute Gasteiger partial charge is 0.459 e. The van der Waals surface area contributed by atoms with Crippen LogP contribution >= 0.6 is 35.1 Å². The SMILES string of the molecule is CC(C)(C)C(O)(CCc1ccc(Cl)cc1)Cn1cncn1.CC(C)OC(=O)C(C(=O)OC(C)C)=C1SCCS1. The van der Waals surface area contributed by atoms with Crippen LogP contribution in [0, 0.1) is 5.41 Å². The normalized spacial score (nSPS) is 15.0. The number of benzene rings is 1. The van der Waals surface area contributed by atoms with Crippen LogP contribution in [0.1, 0.15) is 60.5 Å². The van der Waals surface area contributed by atoms with Crippen molar-refractivity contribution in [2.45, 2.75) is 85.7 Å². The van der Waals surface area contributed by atoms with Crippen LogP contribution in [0.2, 0.25) is 5.02 Å². The maximum Gasteiger partial charge on any atom is 0.347 e. The Morgan fingerprint density at radius 3 is 2.00 bits per heavy atom. The van der Waals surface area contributed by atoms with E-state index in [1.165, 1.54) is 35.4 Å². The van der Waals surface area contributed by atoms with E-state index in [1.54, 1.807) is 38.7 Å². The van der Waals surface area contributed by atoms with Gasteiger partial charge in [0, 0.05) is 16.5 Å². The fourth-order valence-corrected chi connectivity index (χ4v) is 6.15. The van der Waals surface area contributed by atoms with Gasteiger partial charge in [-0.15, -0.1) is 23.5 Å². The number of hydrogen-bond donors (Lipinski definition) is 1. The summed E-state index contributed by atoms with van der Waals surface area (Å²) in [6.07, 6.45) is 4.06. The van der Waals surface area contributed by atoms with Crippen LogP contribution in [0.3, 0.4) is 0 Å². The second kappa shape index (κ2) is 15.1. The molecular formula is C28H40ClN3O5S2. The molecule has 8 nitrogen and oxygen atoms in total. The van der Waals surface area contributed by atoms with E-state index in [2.05, 4.69) is 10.1 Å². The lowest BCUT2D eigenvalue weighted by Crippen LogP contribution is -2.47. The van der Waals surface area contributed by atoms with Crippen molar-refractivity contribution in [3.63, 3.8) is 0 Å². The number of rotatable bonds is 9. The van der Waals surface area contributed by atoms with E-state index < -0.39 is 17.5 Å². The molecule has 1 aliphatic heterocycles. The molecule has 0 aliphatic carbocycles. The zero-order valence-corrected chi connectivity index (χ0v) is 26.2. The smallest absolute Gasteiger partial charge is 0.347 e. The summed E-state index contributed by atoms with van der Waals surface area (Å²) >= 11 is 8.91. The molecule has 2 heterocycles. The first-order chi connectivity index (χ1) is 18.2. The fraction of sp³-hybridized carbons (Fsp3) is 0.571. The maximum atomic E-state index is 12.0. The summed E-state index contributed by atoms with van der Waals surface area (Å²) in [5.41, 5.74) is 0.0942. The average molecular weight is 598 g/mol. The highest BCUT2D eigenvalue weighted by molar-refractivity contribution is 8.25. The molecule has 2 aromatic rings. The number of carbonyl (C=O) groups is 2. The van der Waals surface area contributed by atoms with Crippen LogP contribution in [-0.4, -0.2) is 61.1 Å². The van der Waals surface area contributed by atoms with E-state index in [9.17, 15) is 14.7 Å². The Labute approximate surface area is 245 Å². The lowest BCUT2D eigenvalue weighted by Gasteiger charge is -2.40. The Balaban J connectivity index is 0.000000277. The Morgan fingerprint density at radius 2 is 1.56 bits per heavy atom. The molecule has 1 aromatic carbocycles. The Morgan fingerprint density at radius 1 is 1.03 bits per heavy atom. The van der Waals surface area contributed by atoms with Crippen molar-refractivity contribution in [3.05, 3.63) is 57.3 Å². The topological polar surface area (TPSA) is 104 Å². The first-order valence-corrected chi connectivity index (χ1v) is 15.3. The van der Waals surface area contributed by atoms with Gasteiger partial charge in [-0.05, 0) is 63.6 Å². The number of nitrogens with zero attached hydrogens (tertiary/aromatic N) is 3. The van der Waals surface area contributed by atoms with Crippen molar-refractivity contribution in [1.82, 2.24) is 14.8 Å². The van der Waals surface area contributed by atoms with Gasteiger partial charge in [0.2, 0.25) is 0 Å². The summed E-state index contributed by atoms with van der Waals surface area (Å²) in [7, 11) is 0. The number of aryl methyl sites for hydroxylation is 1. The van der Waals surface area contributed by atoms with E-state index >= 15 is 0 Å². The molecule has 216 valence electrons. The van der Waals surface area contributed by atoms with Crippen LogP contribution in [0.25, 0.3) is 0 Å². The molecule has 1 aliphatic rings. The van der Waals surface area contributed by atoms with E-state index in [-0.39, 0.29) is 23.2 Å². The summed E-state index contributed by atoms with van der Waals surface area (Å²) < 4.78 is 12.6. The van der Waals surface area contributed by atoms with Gasteiger partial charge in [-0.1, -0.05) is 44.5 Å². The maximum absolute atomic E-state index is 12.0. The highest BCUT2D eigenvalue weighted by Gasteiger charge is 2.40. The van der Waals surface area contributed by atoms with Gasteiger partial charge in [-0.3, -0.25) is 4.68 Å². The number of esters is 2.